The molecule has 132 valence electrons. The van der Waals surface area contributed by atoms with Crippen molar-refractivity contribution in [1.82, 2.24) is 15.0 Å². The van der Waals surface area contributed by atoms with E-state index < -0.39 is 6.09 Å². The highest BCUT2D eigenvalue weighted by Gasteiger charge is 2.32. The average molecular weight is 365 g/mol. The lowest BCUT2D eigenvalue weighted by Crippen LogP contribution is -2.37. The van der Waals surface area contributed by atoms with Crippen LogP contribution in [0.2, 0.25) is 0 Å². The van der Waals surface area contributed by atoms with Gasteiger partial charge in [0, 0.05) is 24.6 Å². The third-order valence-electron chi connectivity index (χ3n) is 4.87. The zero-order chi connectivity index (χ0) is 17.6. The second kappa shape index (κ2) is 6.11. The summed E-state index contributed by atoms with van der Waals surface area (Å²) in [5.74, 6) is 1.79. The minimum absolute atomic E-state index is 0.0989. The minimum atomic E-state index is -0.886. The van der Waals surface area contributed by atoms with Crippen molar-refractivity contribution in [2.24, 2.45) is 5.73 Å². The maximum atomic E-state index is 11.0. The van der Waals surface area contributed by atoms with Crippen LogP contribution in [0.3, 0.4) is 0 Å². The number of hydrogen-bond acceptors (Lipinski definition) is 6. The van der Waals surface area contributed by atoms with Crippen LogP contribution in [-0.2, 0) is 4.74 Å². The lowest BCUT2D eigenvalue weighted by atomic mass is 9.96. The van der Waals surface area contributed by atoms with Gasteiger partial charge in [-0.15, -0.1) is 0 Å². The van der Waals surface area contributed by atoms with Crippen LogP contribution < -0.4 is 5.73 Å². The van der Waals surface area contributed by atoms with Gasteiger partial charge in [0.05, 0.1) is 16.3 Å². The Labute approximate surface area is 148 Å². The van der Waals surface area contributed by atoms with E-state index in [2.05, 4.69) is 10.1 Å². The number of likely N-dealkylation sites (tertiary alicyclic amines) is 1. The summed E-state index contributed by atoms with van der Waals surface area (Å²) >= 11 is 6.00. The van der Waals surface area contributed by atoms with E-state index in [-0.39, 0.29) is 5.92 Å². The monoisotopic (exact) mass is 364 g/mol. The Hall–Kier alpha value is -2.48. The summed E-state index contributed by atoms with van der Waals surface area (Å²) in [7, 11) is 0. The number of hydrogen-bond donors (Lipinski definition) is 2. The van der Waals surface area contributed by atoms with Crippen LogP contribution in [0.15, 0.2) is 32.8 Å². The van der Waals surface area contributed by atoms with Gasteiger partial charge in [-0.05, 0) is 25.7 Å². The number of piperidine rings is 1. The summed E-state index contributed by atoms with van der Waals surface area (Å²) in [5, 5.41) is 13.5. The van der Waals surface area contributed by atoms with Crippen molar-refractivity contribution in [3.05, 3.63) is 40.0 Å². The molecule has 1 aromatic heterocycles. The van der Waals surface area contributed by atoms with E-state index >= 15 is 0 Å². The lowest BCUT2D eigenvalue weighted by Gasteiger charge is -2.28. The number of carbonyl (C=O) groups is 1. The van der Waals surface area contributed by atoms with E-state index in [1.807, 2.05) is 0 Å². The van der Waals surface area contributed by atoms with Gasteiger partial charge >= 0.3 is 6.09 Å². The Morgan fingerprint density at radius 1 is 1.32 bits per heavy atom. The number of ether oxygens (including phenoxy) is 1. The van der Waals surface area contributed by atoms with Gasteiger partial charge in [0.15, 0.2) is 5.82 Å². The number of rotatable bonds is 2. The molecule has 0 saturated carbocycles. The molecule has 1 aromatic rings. The molecular formula is C16H17ClN4O4. The summed E-state index contributed by atoms with van der Waals surface area (Å²) in [5.41, 5.74) is 8.24. The highest BCUT2D eigenvalue weighted by Crippen LogP contribution is 2.43. The van der Waals surface area contributed by atoms with Crippen LogP contribution in [0.4, 0.5) is 4.79 Å². The van der Waals surface area contributed by atoms with Crippen LogP contribution in [0.5, 0.6) is 0 Å². The molecule has 9 heteroatoms. The molecule has 3 N–H and O–H groups in total. The topological polar surface area (TPSA) is 115 Å². The van der Waals surface area contributed by atoms with Gasteiger partial charge in [-0.1, -0.05) is 16.8 Å². The molecule has 0 unspecified atom stereocenters. The zero-order valence-corrected chi connectivity index (χ0v) is 14.1. The first kappa shape index (κ1) is 16.0. The average Bonchev–Trinajstić information content (AvgIpc) is 3.25. The van der Waals surface area contributed by atoms with Crippen molar-refractivity contribution >= 4 is 23.3 Å². The van der Waals surface area contributed by atoms with E-state index in [1.165, 1.54) is 11.2 Å². The number of carboxylic acid groups (broad SMARTS) is 1. The summed E-state index contributed by atoms with van der Waals surface area (Å²) in [4.78, 5) is 16.9. The van der Waals surface area contributed by atoms with Crippen molar-refractivity contribution in [1.29, 1.82) is 0 Å². The Morgan fingerprint density at radius 2 is 2.04 bits per heavy atom. The summed E-state index contributed by atoms with van der Waals surface area (Å²) in [6.45, 7) is 0.960. The largest absolute Gasteiger partial charge is 0.465 e. The van der Waals surface area contributed by atoms with Crippen LogP contribution in [0, 0.1) is 0 Å². The molecule has 0 bridgehead atoms. The third kappa shape index (κ3) is 2.76. The number of allylic oxidation sites excluding steroid dienone is 3. The maximum Gasteiger partial charge on any atom is 0.407 e. The van der Waals surface area contributed by atoms with Crippen LogP contribution in [0.1, 0.15) is 43.3 Å². The number of nitrogens with two attached hydrogens (primary N) is 1. The van der Waals surface area contributed by atoms with Crippen LogP contribution in [0.25, 0.3) is 5.57 Å². The molecule has 3 heterocycles. The normalized spacial score (nSPS) is 21.3. The van der Waals surface area contributed by atoms with E-state index in [0.29, 0.717) is 60.6 Å². The molecule has 3 aliphatic rings. The summed E-state index contributed by atoms with van der Waals surface area (Å²) in [6.07, 6.45) is 3.31. The molecule has 1 saturated heterocycles. The van der Waals surface area contributed by atoms with Crippen molar-refractivity contribution in [2.75, 3.05) is 13.1 Å². The molecule has 0 aromatic carbocycles. The Kier molecular flexibility index (Phi) is 3.91. The van der Waals surface area contributed by atoms with Crippen molar-refractivity contribution in [3.63, 3.8) is 0 Å². The molecule has 0 radical (unpaired) electrons. The first-order valence-corrected chi connectivity index (χ1v) is 8.49. The van der Waals surface area contributed by atoms with Gasteiger partial charge in [0.25, 0.3) is 5.89 Å². The molecule has 2 aliphatic heterocycles. The number of amides is 1. The van der Waals surface area contributed by atoms with Gasteiger partial charge in [0.2, 0.25) is 0 Å². The quantitative estimate of drug-likeness (QED) is 0.828. The first-order valence-electron chi connectivity index (χ1n) is 8.11. The first-order chi connectivity index (χ1) is 12.0. The molecule has 0 spiro atoms. The van der Waals surface area contributed by atoms with E-state index in [1.54, 1.807) is 0 Å². The van der Waals surface area contributed by atoms with Crippen LogP contribution >= 0.6 is 11.6 Å². The van der Waals surface area contributed by atoms with Gasteiger partial charge in [-0.2, -0.15) is 4.98 Å². The van der Waals surface area contributed by atoms with Crippen molar-refractivity contribution in [3.8, 4) is 0 Å². The fourth-order valence-electron chi connectivity index (χ4n) is 3.43. The standard InChI is InChI=1S/C16H17ClN4O4/c17-11-7-24-13-9(12(11)18)1-2-10(13)15-19-14(20-25-15)8-3-5-21(6-4-8)16(22)23/h7-8H,1-6,18H2,(H,22,23). The van der Waals surface area contributed by atoms with E-state index in [4.69, 9.17) is 31.7 Å². The second-order valence-electron chi connectivity index (χ2n) is 6.29. The summed E-state index contributed by atoms with van der Waals surface area (Å²) < 4.78 is 11.0. The number of nitrogens with zero attached hydrogens (tertiary/aromatic N) is 3. The lowest BCUT2D eigenvalue weighted by molar-refractivity contribution is 0.131. The van der Waals surface area contributed by atoms with Gasteiger partial charge in [-0.3, -0.25) is 0 Å². The highest BCUT2D eigenvalue weighted by molar-refractivity contribution is 6.32. The smallest absolute Gasteiger partial charge is 0.407 e. The molecule has 4 rings (SSSR count). The SMILES string of the molecule is NC1=C2CCC(c3nc(C4CCN(C(=O)O)CC4)no3)=C2OC=C1Cl. The molecule has 1 aliphatic carbocycles. The molecule has 25 heavy (non-hydrogen) atoms. The van der Waals surface area contributed by atoms with Gasteiger partial charge < -0.3 is 25.0 Å². The second-order valence-corrected chi connectivity index (χ2v) is 6.69. The fraction of sp³-hybridized carbons (Fsp3) is 0.438. The van der Waals surface area contributed by atoms with Crippen LogP contribution in [-0.4, -0.2) is 39.3 Å². The Balaban J connectivity index is 1.54. The maximum absolute atomic E-state index is 11.0. The Morgan fingerprint density at radius 3 is 2.76 bits per heavy atom. The summed E-state index contributed by atoms with van der Waals surface area (Å²) in [6, 6.07) is 0. The molecule has 1 amide bonds. The van der Waals surface area contributed by atoms with Gasteiger partial charge in [-0.25, -0.2) is 4.79 Å². The number of fused-ring (bicyclic) bond motifs is 1. The van der Waals surface area contributed by atoms with Crippen molar-refractivity contribution < 1.29 is 19.2 Å². The van der Waals surface area contributed by atoms with E-state index in [9.17, 15) is 4.79 Å². The molecule has 1 fully saturated rings. The minimum Gasteiger partial charge on any atom is -0.465 e. The van der Waals surface area contributed by atoms with Gasteiger partial charge in [0.1, 0.15) is 12.0 Å². The molecular weight excluding hydrogens is 348 g/mol. The fourth-order valence-corrected chi connectivity index (χ4v) is 3.59. The highest BCUT2D eigenvalue weighted by atomic mass is 35.5. The molecule has 0 atom stereocenters. The number of aromatic nitrogens is 2. The zero-order valence-electron chi connectivity index (χ0n) is 13.4. The predicted octanol–water partition coefficient (Wildman–Crippen LogP) is 2.76. The van der Waals surface area contributed by atoms with E-state index in [0.717, 1.165) is 17.6 Å². The van der Waals surface area contributed by atoms with Crippen molar-refractivity contribution in [2.45, 2.75) is 31.6 Å². The predicted molar refractivity (Wildman–Crippen MR) is 88.3 cm³/mol. The number of halogens is 1. The third-order valence-corrected chi connectivity index (χ3v) is 5.16. The Bertz CT molecular complexity index is 818. The molecule has 8 nitrogen and oxygen atoms in total.